The molecule has 0 bridgehead atoms. The predicted molar refractivity (Wildman–Crippen MR) is 133 cm³/mol. The van der Waals surface area contributed by atoms with Crippen LogP contribution in [0.2, 0.25) is 0 Å². The third-order valence-corrected chi connectivity index (χ3v) is 6.80. The highest BCUT2D eigenvalue weighted by Gasteiger charge is 2.26. The molecule has 0 radical (unpaired) electrons. The van der Waals surface area contributed by atoms with Gasteiger partial charge in [-0.1, -0.05) is 35.8 Å². The van der Waals surface area contributed by atoms with E-state index in [2.05, 4.69) is 15.4 Å². The van der Waals surface area contributed by atoms with E-state index in [1.54, 1.807) is 6.26 Å². The Morgan fingerprint density at radius 2 is 1.86 bits per heavy atom. The first-order chi connectivity index (χ1) is 17.1. The van der Waals surface area contributed by atoms with Crippen LogP contribution in [-0.2, 0) is 6.61 Å². The summed E-state index contributed by atoms with van der Waals surface area (Å²) < 4.78 is 17.2. The number of hydrogen-bond donors (Lipinski definition) is 1. The van der Waals surface area contributed by atoms with E-state index in [1.165, 1.54) is 6.42 Å². The van der Waals surface area contributed by atoms with Crippen LogP contribution in [0.15, 0.2) is 63.7 Å². The highest BCUT2D eigenvalue weighted by atomic mass is 16.5. The molecule has 35 heavy (non-hydrogen) atoms. The van der Waals surface area contributed by atoms with E-state index in [-0.39, 0.29) is 18.6 Å². The first-order valence-corrected chi connectivity index (χ1v) is 12.2. The normalized spacial score (nSPS) is 15.3. The van der Waals surface area contributed by atoms with Gasteiger partial charge in [-0.25, -0.2) is 0 Å². The van der Waals surface area contributed by atoms with Gasteiger partial charge in [0, 0.05) is 6.54 Å². The number of likely N-dealkylation sites (tertiary alicyclic amines) is 1. The van der Waals surface area contributed by atoms with E-state index in [4.69, 9.17) is 13.7 Å². The Kier molecular flexibility index (Phi) is 6.86. The van der Waals surface area contributed by atoms with E-state index in [0.717, 1.165) is 59.5 Å². The molecule has 5 rings (SSSR count). The molecule has 3 heterocycles. The number of fused-ring (bicyclic) bond motifs is 1. The SMILES string of the molecule is Cc1noc(C)c1COc1cc2ccccc2cc1C(=O)NCC(c1ccco1)N1CCCCC1. The lowest BCUT2D eigenvalue weighted by Gasteiger charge is -2.33. The third kappa shape index (κ3) is 5.10. The first kappa shape index (κ1) is 23.2. The lowest BCUT2D eigenvalue weighted by molar-refractivity contribution is 0.0910. The van der Waals surface area contributed by atoms with Gasteiger partial charge < -0.3 is 19.0 Å². The molecule has 0 aliphatic carbocycles. The summed E-state index contributed by atoms with van der Waals surface area (Å²) in [6.45, 7) is 6.50. The fourth-order valence-electron chi connectivity index (χ4n) is 4.78. The minimum atomic E-state index is -0.168. The van der Waals surface area contributed by atoms with E-state index < -0.39 is 0 Å². The lowest BCUT2D eigenvalue weighted by atomic mass is 10.0. The number of aryl methyl sites for hydroxylation is 2. The van der Waals surface area contributed by atoms with Gasteiger partial charge in [0.05, 0.1) is 29.1 Å². The Labute approximate surface area is 205 Å². The van der Waals surface area contributed by atoms with Gasteiger partial charge in [0.1, 0.15) is 23.9 Å². The number of ether oxygens (including phenoxy) is 1. The molecule has 7 heteroatoms. The second-order valence-electron chi connectivity index (χ2n) is 9.12. The summed E-state index contributed by atoms with van der Waals surface area (Å²) in [7, 11) is 0. The minimum Gasteiger partial charge on any atom is -0.488 e. The average Bonchev–Trinajstić information content (AvgIpc) is 3.53. The highest BCUT2D eigenvalue weighted by molar-refractivity contribution is 6.01. The van der Waals surface area contributed by atoms with Gasteiger partial charge in [-0.05, 0) is 74.8 Å². The summed E-state index contributed by atoms with van der Waals surface area (Å²) in [5.41, 5.74) is 2.19. The fraction of sp³-hybridized carbons (Fsp3) is 0.357. The third-order valence-electron chi connectivity index (χ3n) is 6.80. The molecule has 1 N–H and O–H groups in total. The molecule has 2 aromatic heterocycles. The zero-order valence-corrected chi connectivity index (χ0v) is 20.3. The molecule has 2 aromatic carbocycles. The zero-order valence-electron chi connectivity index (χ0n) is 20.3. The van der Waals surface area contributed by atoms with Crippen molar-refractivity contribution in [2.45, 2.75) is 45.8 Å². The Morgan fingerprint density at radius 1 is 1.09 bits per heavy atom. The average molecular weight is 474 g/mol. The summed E-state index contributed by atoms with van der Waals surface area (Å²) in [6, 6.07) is 15.7. The van der Waals surface area contributed by atoms with Gasteiger partial charge in [-0.3, -0.25) is 9.69 Å². The molecular formula is C28H31N3O4. The van der Waals surface area contributed by atoms with Crippen molar-refractivity contribution in [3.8, 4) is 5.75 Å². The van der Waals surface area contributed by atoms with Crippen molar-refractivity contribution in [1.29, 1.82) is 0 Å². The molecule has 1 fully saturated rings. The summed E-state index contributed by atoms with van der Waals surface area (Å²) in [6.07, 6.45) is 5.26. The van der Waals surface area contributed by atoms with Crippen molar-refractivity contribution in [2.24, 2.45) is 0 Å². The second kappa shape index (κ2) is 10.4. The van der Waals surface area contributed by atoms with Crippen LogP contribution in [0.4, 0.5) is 0 Å². The van der Waals surface area contributed by atoms with Crippen LogP contribution in [0.25, 0.3) is 10.8 Å². The largest absolute Gasteiger partial charge is 0.488 e. The fourth-order valence-corrected chi connectivity index (χ4v) is 4.78. The number of aromatic nitrogens is 1. The van der Waals surface area contributed by atoms with Crippen LogP contribution in [0, 0.1) is 13.8 Å². The van der Waals surface area contributed by atoms with Gasteiger partial charge >= 0.3 is 0 Å². The Morgan fingerprint density at radius 3 is 2.54 bits per heavy atom. The number of furan rings is 1. The van der Waals surface area contributed by atoms with Crippen molar-refractivity contribution in [1.82, 2.24) is 15.4 Å². The van der Waals surface area contributed by atoms with Gasteiger partial charge in [-0.15, -0.1) is 0 Å². The topological polar surface area (TPSA) is 80.7 Å². The summed E-state index contributed by atoms with van der Waals surface area (Å²) in [5.74, 6) is 1.96. The molecule has 1 atom stereocenters. The molecule has 1 aliphatic heterocycles. The standard InChI is InChI=1S/C28H31N3O4/c1-19-24(20(2)35-30-19)18-34-27-16-22-10-5-4-9-21(22)15-23(27)28(32)29-17-25(26-11-8-14-33-26)31-12-6-3-7-13-31/h4-5,8-11,14-16,25H,3,6-7,12-13,17-18H2,1-2H3,(H,29,32). The Hall–Kier alpha value is -3.58. The number of piperidine rings is 1. The number of carbonyl (C=O) groups excluding carboxylic acids is 1. The van der Waals surface area contributed by atoms with Crippen LogP contribution >= 0.6 is 0 Å². The number of benzene rings is 2. The van der Waals surface area contributed by atoms with Crippen LogP contribution in [0.5, 0.6) is 5.75 Å². The Balaban J connectivity index is 1.39. The van der Waals surface area contributed by atoms with Crippen molar-refractivity contribution in [3.05, 3.63) is 83.1 Å². The quantitative estimate of drug-likeness (QED) is 0.360. The van der Waals surface area contributed by atoms with Gasteiger partial charge in [-0.2, -0.15) is 0 Å². The van der Waals surface area contributed by atoms with Crippen LogP contribution < -0.4 is 10.1 Å². The molecule has 1 aliphatic rings. The number of amides is 1. The molecule has 1 unspecified atom stereocenters. The van der Waals surface area contributed by atoms with Crippen LogP contribution in [0.1, 0.15) is 58.4 Å². The summed E-state index contributed by atoms with van der Waals surface area (Å²) >= 11 is 0. The number of rotatable bonds is 8. The molecule has 7 nitrogen and oxygen atoms in total. The summed E-state index contributed by atoms with van der Waals surface area (Å²) in [4.78, 5) is 15.9. The first-order valence-electron chi connectivity index (χ1n) is 12.2. The zero-order chi connectivity index (χ0) is 24.2. The van der Waals surface area contributed by atoms with E-state index in [1.807, 2.05) is 62.4 Å². The van der Waals surface area contributed by atoms with Gasteiger partial charge in [0.25, 0.3) is 5.91 Å². The number of carbonyl (C=O) groups is 1. The van der Waals surface area contributed by atoms with Gasteiger partial charge in [0.15, 0.2) is 0 Å². The van der Waals surface area contributed by atoms with Crippen molar-refractivity contribution < 1.29 is 18.5 Å². The maximum Gasteiger partial charge on any atom is 0.255 e. The van der Waals surface area contributed by atoms with E-state index in [0.29, 0.717) is 17.9 Å². The minimum absolute atomic E-state index is 0.00128. The molecule has 182 valence electrons. The molecule has 4 aromatic rings. The smallest absolute Gasteiger partial charge is 0.255 e. The summed E-state index contributed by atoms with van der Waals surface area (Å²) in [5, 5.41) is 9.16. The maximum absolute atomic E-state index is 13.5. The number of nitrogens with zero attached hydrogens (tertiary/aromatic N) is 2. The van der Waals surface area contributed by atoms with Crippen molar-refractivity contribution in [2.75, 3.05) is 19.6 Å². The van der Waals surface area contributed by atoms with Crippen molar-refractivity contribution in [3.63, 3.8) is 0 Å². The highest BCUT2D eigenvalue weighted by Crippen LogP contribution is 2.29. The Bertz CT molecular complexity index is 1270. The second-order valence-corrected chi connectivity index (χ2v) is 9.12. The molecule has 1 amide bonds. The van der Waals surface area contributed by atoms with Crippen LogP contribution in [0.3, 0.4) is 0 Å². The maximum atomic E-state index is 13.5. The van der Waals surface area contributed by atoms with Crippen molar-refractivity contribution >= 4 is 16.7 Å². The van der Waals surface area contributed by atoms with E-state index >= 15 is 0 Å². The molecule has 0 spiro atoms. The molecular weight excluding hydrogens is 442 g/mol. The lowest BCUT2D eigenvalue weighted by Crippen LogP contribution is -2.40. The monoisotopic (exact) mass is 473 g/mol. The predicted octanol–water partition coefficient (Wildman–Crippen LogP) is 5.57. The molecule has 1 saturated heterocycles. The van der Waals surface area contributed by atoms with Gasteiger partial charge in [0.2, 0.25) is 0 Å². The number of hydrogen-bond acceptors (Lipinski definition) is 6. The van der Waals surface area contributed by atoms with Crippen LogP contribution in [-0.4, -0.2) is 35.6 Å². The molecule has 0 saturated carbocycles. The van der Waals surface area contributed by atoms with E-state index in [9.17, 15) is 4.79 Å². The number of nitrogens with one attached hydrogen (secondary N) is 1.